The number of alkyl halides is 3. The van der Waals surface area contributed by atoms with Crippen LogP contribution in [0, 0.1) is 0 Å². The number of halogens is 3. The van der Waals surface area contributed by atoms with Crippen LogP contribution in [0.5, 0.6) is 11.5 Å². The highest BCUT2D eigenvalue weighted by molar-refractivity contribution is 6.03. The molecule has 3 aromatic rings. The zero-order valence-corrected chi connectivity index (χ0v) is 22.4. The molecule has 6 rings (SSSR count). The van der Waals surface area contributed by atoms with Crippen LogP contribution in [0.1, 0.15) is 28.8 Å². The summed E-state index contributed by atoms with van der Waals surface area (Å²) >= 11 is 0. The highest BCUT2D eigenvalue weighted by atomic mass is 19.4. The van der Waals surface area contributed by atoms with E-state index >= 15 is 0 Å². The Kier molecular flexibility index (Phi) is 7.20. The van der Waals surface area contributed by atoms with Crippen molar-refractivity contribution < 1.29 is 27.4 Å². The third kappa shape index (κ3) is 5.41. The van der Waals surface area contributed by atoms with Gasteiger partial charge in [-0.05, 0) is 37.1 Å². The number of ether oxygens (including phenoxy) is 2. The van der Waals surface area contributed by atoms with Crippen LogP contribution in [0.3, 0.4) is 0 Å². The third-order valence-electron chi connectivity index (χ3n) is 7.57. The summed E-state index contributed by atoms with van der Waals surface area (Å²) < 4.78 is 53.6. The standard InChI is InChI=1S/C28H30F3N7O3/c1-40-23-14-17(37-12-9-32-10-13-37)7-8-20(23)35-27-33-15-19(28(29,30)31)25(36-27)34-21-5-2-6-22-24(21)26(39)38-11-3-4-18(38)16-41-22/h2,5-8,14-15,18,32H,3-4,9-13,16H2,1H3,(H2,33,34,35,36)/t18-/m0/s1. The van der Waals surface area contributed by atoms with Crippen molar-refractivity contribution in [3.05, 3.63) is 53.7 Å². The van der Waals surface area contributed by atoms with Crippen LogP contribution in [-0.4, -0.2) is 73.3 Å². The zero-order valence-electron chi connectivity index (χ0n) is 22.4. The quantitative estimate of drug-likeness (QED) is 0.399. The van der Waals surface area contributed by atoms with Crippen molar-refractivity contribution in [1.29, 1.82) is 0 Å². The highest BCUT2D eigenvalue weighted by Gasteiger charge is 2.38. The summed E-state index contributed by atoms with van der Waals surface area (Å²) in [6, 6.07) is 10.3. The minimum absolute atomic E-state index is 0.0590. The van der Waals surface area contributed by atoms with Crippen LogP contribution in [0.15, 0.2) is 42.6 Å². The number of nitrogens with zero attached hydrogens (tertiary/aromatic N) is 4. The minimum atomic E-state index is -4.74. The van der Waals surface area contributed by atoms with Gasteiger partial charge in [0.15, 0.2) is 0 Å². The topological polar surface area (TPSA) is 104 Å². The molecule has 0 aliphatic carbocycles. The summed E-state index contributed by atoms with van der Waals surface area (Å²) in [7, 11) is 1.52. The fraction of sp³-hybridized carbons (Fsp3) is 0.393. The smallest absolute Gasteiger partial charge is 0.421 e. The molecule has 1 aromatic heterocycles. The lowest BCUT2D eigenvalue weighted by atomic mass is 10.1. The van der Waals surface area contributed by atoms with Crippen LogP contribution in [-0.2, 0) is 6.18 Å². The van der Waals surface area contributed by atoms with Gasteiger partial charge >= 0.3 is 6.18 Å². The SMILES string of the molecule is COc1cc(N2CCNCC2)ccc1Nc1ncc(C(F)(F)F)c(Nc2cccc3c2C(=O)N2CCC[C@H]2CO3)n1. The number of hydrogen-bond donors (Lipinski definition) is 3. The number of fused-ring (bicyclic) bond motifs is 2. The van der Waals surface area contributed by atoms with Gasteiger partial charge in [0, 0.05) is 50.7 Å². The molecule has 0 spiro atoms. The van der Waals surface area contributed by atoms with E-state index in [0.717, 1.165) is 50.9 Å². The Balaban J connectivity index is 1.32. The summed E-state index contributed by atoms with van der Waals surface area (Å²) in [6.45, 7) is 4.36. The van der Waals surface area contributed by atoms with Gasteiger partial charge in [0.2, 0.25) is 5.95 Å². The van der Waals surface area contributed by atoms with Gasteiger partial charge in [-0.2, -0.15) is 18.2 Å². The number of aromatic nitrogens is 2. The molecule has 216 valence electrons. The van der Waals surface area contributed by atoms with Crippen LogP contribution < -0.4 is 30.3 Å². The summed E-state index contributed by atoms with van der Waals surface area (Å²) in [5.41, 5.74) is 0.759. The number of hydrogen-bond acceptors (Lipinski definition) is 9. The normalized spacial score (nSPS) is 18.7. The zero-order chi connectivity index (χ0) is 28.6. The molecule has 2 fully saturated rings. The van der Waals surface area contributed by atoms with Gasteiger partial charge in [-0.1, -0.05) is 6.07 Å². The molecule has 3 aliphatic heterocycles. The predicted octanol–water partition coefficient (Wildman–Crippen LogP) is 4.40. The first-order chi connectivity index (χ1) is 19.8. The number of methoxy groups -OCH3 is 1. The molecule has 2 aromatic carbocycles. The maximum absolute atomic E-state index is 14.0. The summed E-state index contributed by atoms with van der Waals surface area (Å²) in [6.07, 6.45) is -2.35. The molecule has 0 unspecified atom stereocenters. The van der Waals surface area contributed by atoms with Crippen molar-refractivity contribution in [3.63, 3.8) is 0 Å². The van der Waals surface area contributed by atoms with Crippen molar-refractivity contribution in [1.82, 2.24) is 20.2 Å². The minimum Gasteiger partial charge on any atom is -0.494 e. The Hall–Kier alpha value is -4.26. The first kappa shape index (κ1) is 26.9. The van der Waals surface area contributed by atoms with E-state index in [0.29, 0.717) is 30.3 Å². The fourth-order valence-electron chi connectivity index (χ4n) is 5.48. The molecule has 2 saturated heterocycles. The molecule has 4 heterocycles. The molecular formula is C28H30F3N7O3. The third-order valence-corrected chi connectivity index (χ3v) is 7.57. The van der Waals surface area contributed by atoms with E-state index in [4.69, 9.17) is 9.47 Å². The molecule has 0 radical (unpaired) electrons. The maximum atomic E-state index is 14.0. The van der Waals surface area contributed by atoms with Crippen LogP contribution in [0.25, 0.3) is 0 Å². The number of benzene rings is 2. The Morgan fingerprint density at radius 2 is 1.93 bits per heavy atom. The number of nitrogens with one attached hydrogen (secondary N) is 3. The average molecular weight is 570 g/mol. The van der Waals surface area contributed by atoms with Gasteiger partial charge in [0.05, 0.1) is 24.5 Å². The lowest BCUT2D eigenvalue weighted by Crippen LogP contribution is -2.43. The molecule has 1 amide bonds. The monoisotopic (exact) mass is 569 g/mol. The molecule has 0 saturated carbocycles. The molecule has 10 nitrogen and oxygen atoms in total. The van der Waals surface area contributed by atoms with E-state index in [1.54, 1.807) is 29.2 Å². The molecule has 41 heavy (non-hydrogen) atoms. The molecule has 0 bridgehead atoms. The first-order valence-corrected chi connectivity index (χ1v) is 13.5. The van der Waals surface area contributed by atoms with Crippen molar-refractivity contribution in [3.8, 4) is 11.5 Å². The highest BCUT2D eigenvalue weighted by Crippen LogP contribution is 2.39. The Bertz CT molecular complexity index is 1450. The van der Waals surface area contributed by atoms with E-state index in [-0.39, 0.29) is 29.1 Å². The molecular weight excluding hydrogens is 539 g/mol. The van der Waals surface area contributed by atoms with Crippen molar-refractivity contribution in [2.24, 2.45) is 0 Å². The lowest BCUT2D eigenvalue weighted by Gasteiger charge is -2.30. The van der Waals surface area contributed by atoms with Crippen LogP contribution >= 0.6 is 0 Å². The van der Waals surface area contributed by atoms with Gasteiger partial charge in [-0.15, -0.1) is 0 Å². The Labute approximate surface area is 234 Å². The van der Waals surface area contributed by atoms with Crippen molar-refractivity contribution >= 4 is 34.7 Å². The van der Waals surface area contributed by atoms with Crippen LogP contribution in [0.4, 0.5) is 42.0 Å². The second kappa shape index (κ2) is 11.0. The fourth-order valence-corrected chi connectivity index (χ4v) is 5.48. The number of rotatable bonds is 6. The number of carbonyl (C=O) groups is 1. The number of carbonyl (C=O) groups excluding carboxylic acids is 1. The second-order valence-corrected chi connectivity index (χ2v) is 10.1. The van der Waals surface area contributed by atoms with Gasteiger partial charge in [-0.25, -0.2) is 4.98 Å². The Morgan fingerprint density at radius 3 is 2.71 bits per heavy atom. The second-order valence-electron chi connectivity index (χ2n) is 10.1. The van der Waals surface area contributed by atoms with E-state index < -0.39 is 17.6 Å². The van der Waals surface area contributed by atoms with Crippen LogP contribution in [0.2, 0.25) is 0 Å². The van der Waals surface area contributed by atoms with E-state index in [1.165, 1.54) is 7.11 Å². The number of piperazine rings is 1. The predicted molar refractivity (Wildman–Crippen MR) is 148 cm³/mol. The molecule has 1 atom stereocenters. The van der Waals surface area contributed by atoms with Gasteiger partial charge in [0.25, 0.3) is 5.91 Å². The van der Waals surface area contributed by atoms with Gasteiger partial charge in [-0.3, -0.25) is 4.79 Å². The summed E-state index contributed by atoms with van der Waals surface area (Å²) in [4.78, 5) is 25.5. The summed E-state index contributed by atoms with van der Waals surface area (Å²) in [5.74, 6) is -0.0221. The number of amides is 1. The summed E-state index contributed by atoms with van der Waals surface area (Å²) in [5, 5.41) is 9.07. The molecule has 13 heteroatoms. The van der Waals surface area contributed by atoms with E-state index in [2.05, 4.69) is 30.8 Å². The van der Waals surface area contributed by atoms with Gasteiger partial charge < -0.3 is 35.2 Å². The molecule has 3 aliphatic rings. The Morgan fingerprint density at radius 1 is 1.10 bits per heavy atom. The average Bonchev–Trinajstić information content (AvgIpc) is 3.40. The number of anilines is 5. The van der Waals surface area contributed by atoms with Gasteiger partial charge in [0.1, 0.15) is 35.1 Å². The largest absolute Gasteiger partial charge is 0.494 e. The maximum Gasteiger partial charge on any atom is 0.421 e. The van der Waals surface area contributed by atoms with Crippen molar-refractivity contribution in [2.75, 3.05) is 62.0 Å². The van der Waals surface area contributed by atoms with Crippen molar-refractivity contribution in [2.45, 2.75) is 25.1 Å². The van der Waals surface area contributed by atoms with E-state index in [1.807, 2.05) is 12.1 Å². The lowest BCUT2D eigenvalue weighted by molar-refractivity contribution is -0.137. The molecule has 3 N–H and O–H groups in total. The first-order valence-electron chi connectivity index (χ1n) is 13.5. The van der Waals surface area contributed by atoms with E-state index in [9.17, 15) is 18.0 Å².